The van der Waals surface area contributed by atoms with Crippen LogP contribution in [0.2, 0.25) is 0 Å². The lowest BCUT2D eigenvalue weighted by molar-refractivity contribution is 0.394. The highest BCUT2D eigenvalue weighted by Gasteiger charge is 2.13. The molecule has 1 atom stereocenters. The highest BCUT2D eigenvalue weighted by Crippen LogP contribution is 2.25. The lowest BCUT2D eigenvalue weighted by atomic mass is 10.1. The van der Waals surface area contributed by atoms with Gasteiger partial charge in [-0.05, 0) is 17.7 Å². The number of benzene rings is 2. The molecule has 1 aromatic heterocycles. The van der Waals surface area contributed by atoms with E-state index in [-0.39, 0.29) is 0 Å². The molecule has 18 heavy (non-hydrogen) atoms. The number of hydrogen-bond acceptors (Lipinski definition) is 1. The van der Waals surface area contributed by atoms with E-state index in [0.717, 1.165) is 10.9 Å². The Labute approximate surface area is 105 Å². The average molecular weight is 237 g/mol. The van der Waals surface area contributed by atoms with Crippen LogP contribution >= 0.6 is 0 Å². The fourth-order valence-electron chi connectivity index (χ4n) is 2.02. The molecule has 3 rings (SSSR count). The predicted molar refractivity (Wildman–Crippen MR) is 71.1 cm³/mol. The molecule has 1 heterocycles. The highest BCUT2D eigenvalue weighted by atomic mass is 19.1. The van der Waals surface area contributed by atoms with E-state index in [9.17, 15) is 4.39 Å². The first kappa shape index (κ1) is 10.9. The summed E-state index contributed by atoms with van der Waals surface area (Å²) in [4.78, 5) is 4.38. The Hall–Kier alpha value is -2.22. The Balaban J connectivity index is 2.04. The maximum absolute atomic E-state index is 14.3. The molecule has 0 aliphatic rings. The third kappa shape index (κ3) is 1.97. The van der Waals surface area contributed by atoms with Crippen molar-refractivity contribution in [2.75, 3.05) is 0 Å². The first-order chi connectivity index (χ1) is 8.84. The number of rotatable bonds is 2. The molecule has 0 aliphatic carbocycles. The van der Waals surface area contributed by atoms with Gasteiger partial charge in [0.05, 0.1) is 11.2 Å². The Morgan fingerprint density at radius 1 is 0.778 bits per heavy atom. The Morgan fingerprint density at radius 3 is 2.33 bits per heavy atom. The second kappa shape index (κ2) is 4.57. The maximum atomic E-state index is 14.3. The highest BCUT2D eigenvalue weighted by molar-refractivity contribution is 5.78. The summed E-state index contributed by atoms with van der Waals surface area (Å²) in [5.74, 6) is 0. The van der Waals surface area contributed by atoms with E-state index in [1.54, 1.807) is 18.2 Å². The van der Waals surface area contributed by atoms with Crippen molar-refractivity contribution < 1.29 is 4.39 Å². The molecule has 1 nitrogen and oxygen atoms in total. The van der Waals surface area contributed by atoms with Gasteiger partial charge in [-0.2, -0.15) is 0 Å². The number of aromatic nitrogens is 1. The monoisotopic (exact) mass is 237 g/mol. The smallest absolute Gasteiger partial charge is 0.167 e. The molecule has 0 saturated carbocycles. The molecule has 0 spiro atoms. The molecule has 2 heteroatoms. The largest absolute Gasteiger partial charge is 0.249 e. The Morgan fingerprint density at radius 2 is 1.50 bits per heavy atom. The van der Waals surface area contributed by atoms with E-state index in [0.29, 0.717) is 11.3 Å². The molecule has 2 aromatic carbocycles. The van der Waals surface area contributed by atoms with Crippen molar-refractivity contribution in [1.29, 1.82) is 0 Å². The van der Waals surface area contributed by atoms with Crippen LogP contribution in [0.15, 0.2) is 66.7 Å². The van der Waals surface area contributed by atoms with Gasteiger partial charge in [-0.1, -0.05) is 54.6 Å². The molecule has 0 amide bonds. The van der Waals surface area contributed by atoms with Crippen LogP contribution < -0.4 is 0 Å². The van der Waals surface area contributed by atoms with E-state index in [4.69, 9.17) is 0 Å². The van der Waals surface area contributed by atoms with E-state index in [2.05, 4.69) is 4.98 Å². The van der Waals surface area contributed by atoms with Crippen LogP contribution in [0.5, 0.6) is 0 Å². The van der Waals surface area contributed by atoms with Crippen LogP contribution in [-0.2, 0) is 0 Å². The van der Waals surface area contributed by atoms with Gasteiger partial charge < -0.3 is 0 Å². The lowest BCUT2D eigenvalue weighted by Crippen LogP contribution is -1.97. The van der Waals surface area contributed by atoms with Crippen LogP contribution in [0.25, 0.3) is 10.9 Å². The molecule has 0 bridgehead atoms. The molecule has 88 valence electrons. The molecule has 0 saturated heterocycles. The molecule has 0 radical (unpaired) electrons. The van der Waals surface area contributed by atoms with E-state index in [1.807, 2.05) is 48.5 Å². The van der Waals surface area contributed by atoms with Gasteiger partial charge in [0, 0.05) is 5.39 Å². The van der Waals surface area contributed by atoms with Gasteiger partial charge in [0.2, 0.25) is 0 Å². The number of nitrogens with zero attached hydrogens (tertiary/aromatic N) is 1. The normalized spacial score (nSPS) is 12.5. The lowest BCUT2D eigenvalue weighted by Gasteiger charge is -2.08. The SMILES string of the molecule is FC(c1ccccc1)c1ccc2ccccc2n1. The molecular formula is C16H12FN. The van der Waals surface area contributed by atoms with Crippen LogP contribution in [-0.4, -0.2) is 4.98 Å². The summed E-state index contributed by atoms with van der Waals surface area (Å²) in [6, 6.07) is 20.5. The summed E-state index contributed by atoms with van der Waals surface area (Å²) < 4.78 is 14.3. The van der Waals surface area contributed by atoms with Crippen molar-refractivity contribution in [3.63, 3.8) is 0 Å². The third-order valence-electron chi connectivity index (χ3n) is 2.97. The number of fused-ring (bicyclic) bond motifs is 1. The van der Waals surface area contributed by atoms with Gasteiger partial charge in [0.1, 0.15) is 0 Å². The summed E-state index contributed by atoms with van der Waals surface area (Å²) in [6.45, 7) is 0. The maximum Gasteiger partial charge on any atom is 0.167 e. The van der Waals surface area contributed by atoms with Gasteiger partial charge in [-0.15, -0.1) is 0 Å². The summed E-state index contributed by atoms with van der Waals surface area (Å²) in [5, 5.41) is 1.03. The molecule has 0 fully saturated rings. The standard InChI is InChI=1S/C16H12FN/c17-16(13-7-2-1-3-8-13)15-11-10-12-6-4-5-9-14(12)18-15/h1-11,16H. The second-order valence-electron chi connectivity index (χ2n) is 4.20. The van der Waals surface area contributed by atoms with Gasteiger partial charge in [0.15, 0.2) is 6.17 Å². The zero-order chi connectivity index (χ0) is 12.4. The zero-order valence-electron chi connectivity index (χ0n) is 9.75. The Kier molecular flexibility index (Phi) is 2.77. The van der Waals surface area contributed by atoms with Crippen LogP contribution in [0, 0.1) is 0 Å². The summed E-state index contributed by atoms with van der Waals surface area (Å²) in [5.41, 5.74) is 1.92. The van der Waals surface area contributed by atoms with Crippen LogP contribution in [0.4, 0.5) is 4.39 Å². The first-order valence-electron chi connectivity index (χ1n) is 5.89. The number of pyridine rings is 1. The number of halogens is 1. The summed E-state index contributed by atoms with van der Waals surface area (Å²) in [7, 11) is 0. The molecule has 3 aromatic rings. The van der Waals surface area contributed by atoms with E-state index < -0.39 is 6.17 Å². The summed E-state index contributed by atoms with van der Waals surface area (Å²) in [6.07, 6.45) is -1.17. The topological polar surface area (TPSA) is 12.9 Å². The minimum absolute atomic E-state index is 0.458. The second-order valence-corrected chi connectivity index (χ2v) is 4.20. The number of para-hydroxylation sites is 1. The minimum Gasteiger partial charge on any atom is -0.249 e. The summed E-state index contributed by atoms with van der Waals surface area (Å²) >= 11 is 0. The molecule has 1 unspecified atom stereocenters. The molecule has 0 aliphatic heterocycles. The van der Waals surface area contributed by atoms with E-state index in [1.165, 1.54) is 0 Å². The number of hydrogen-bond donors (Lipinski definition) is 0. The predicted octanol–water partition coefficient (Wildman–Crippen LogP) is 4.29. The van der Waals surface area contributed by atoms with Gasteiger partial charge in [-0.25, -0.2) is 9.37 Å². The number of alkyl halides is 1. The molecular weight excluding hydrogens is 225 g/mol. The Bertz CT molecular complexity index is 664. The zero-order valence-corrected chi connectivity index (χ0v) is 9.75. The van der Waals surface area contributed by atoms with Crippen molar-refractivity contribution in [2.45, 2.75) is 6.17 Å². The van der Waals surface area contributed by atoms with E-state index >= 15 is 0 Å². The van der Waals surface area contributed by atoms with Gasteiger partial charge >= 0.3 is 0 Å². The van der Waals surface area contributed by atoms with Crippen molar-refractivity contribution in [2.24, 2.45) is 0 Å². The van der Waals surface area contributed by atoms with Crippen molar-refractivity contribution >= 4 is 10.9 Å². The van der Waals surface area contributed by atoms with Crippen molar-refractivity contribution in [3.05, 3.63) is 78.0 Å². The van der Waals surface area contributed by atoms with Crippen molar-refractivity contribution in [3.8, 4) is 0 Å². The average Bonchev–Trinajstić information content (AvgIpc) is 2.47. The van der Waals surface area contributed by atoms with Crippen molar-refractivity contribution in [1.82, 2.24) is 4.98 Å². The van der Waals surface area contributed by atoms with Gasteiger partial charge in [-0.3, -0.25) is 0 Å². The minimum atomic E-state index is -1.17. The quantitative estimate of drug-likeness (QED) is 0.647. The van der Waals surface area contributed by atoms with Crippen LogP contribution in [0.3, 0.4) is 0 Å². The fraction of sp³-hybridized carbons (Fsp3) is 0.0625. The first-order valence-corrected chi connectivity index (χ1v) is 5.89. The molecule has 0 N–H and O–H groups in total. The third-order valence-corrected chi connectivity index (χ3v) is 2.97. The fourth-order valence-corrected chi connectivity index (χ4v) is 2.02. The van der Waals surface area contributed by atoms with Gasteiger partial charge in [0.25, 0.3) is 0 Å². The van der Waals surface area contributed by atoms with Crippen LogP contribution in [0.1, 0.15) is 17.4 Å².